The van der Waals surface area contributed by atoms with E-state index in [1.54, 1.807) is 0 Å². The van der Waals surface area contributed by atoms with Gasteiger partial charge < -0.3 is 17.7 Å². The first-order valence-corrected chi connectivity index (χ1v) is 30.7. The van der Waals surface area contributed by atoms with Crippen LogP contribution in [-0.2, 0) is 22.5 Å². The molecule has 4 aliphatic rings. The molecule has 4 aliphatic carbocycles. The molecule has 3 unspecified atom stereocenters. The van der Waals surface area contributed by atoms with Gasteiger partial charge in [-0.15, -0.1) is 0 Å². The molecular formula is C33H66O5Si4. The summed E-state index contributed by atoms with van der Waals surface area (Å²) < 4.78 is 27.9. The van der Waals surface area contributed by atoms with Crippen LogP contribution in [0.3, 0.4) is 0 Å². The fourth-order valence-electron chi connectivity index (χ4n) is 9.99. The number of Topliss-reactive ketones (excluding diaryl/α,β-unsaturated/α-hetero) is 1. The Hall–Kier alpha value is 0.378. The predicted octanol–water partition coefficient (Wildman–Crippen LogP) is 9.09. The summed E-state index contributed by atoms with van der Waals surface area (Å²) in [6.45, 7) is 33.0. The highest BCUT2D eigenvalue weighted by molar-refractivity contribution is 6.71. The molecule has 9 heteroatoms. The Kier molecular flexibility index (Phi) is 9.70. The molecule has 42 heavy (non-hydrogen) atoms. The fraction of sp³-hybridized carbons (Fsp3) is 0.970. The van der Waals surface area contributed by atoms with Crippen LogP contribution in [0.15, 0.2) is 0 Å². The lowest BCUT2D eigenvalue weighted by atomic mass is 9.44. The van der Waals surface area contributed by atoms with Gasteiger partial charge in [0.1, 0.15) is 5.78 Å². The SMILES string of the molecule is C[C@]12CCC(O[Si](C)(C)C)CC1CC[C@@H]1[C@@H]2C(=O)C[C@@]2(C)[C@H]1CC[C@]2(O[Si](C)(C)C)C(CO[Si](C)(C)C)O[Si](C)(C)C. The Morgan fingerprint density at radius 1 is 0.786 bits per heavy atom. The topological polar surface area (TPSA) is 54.0 Å². The molecule has 0 heterocycles. The summed E-state index contributed by atoms with van der Waals surface area (Å²) in [6.07, 6.45) is 8.77. The second-order valence-corrected chi connectivity index (χ2v) is 36.9. The van der Waals surface area contributed by atoms with E-state index in [2.05, 4.69) is 92.4 Å². The van der Waals surface area contributed by atoms with Crippen LogP contribution in [0.5, 0.6) is 0 Å². The van der Waals surface area contributed by atoms with Crippen molar-refractivity contribution < 1.29 is 22.5 Å². The summed E-state index contributed by atoms with van der Waals surface area (Å²) >= 11 is 0. The Bertz CT molecular complexity index is 994. The van der Waals surface area contributed by atoms with Gasteiger partial charge in [-0.1, -0.05) is 13.8 Å². The zero-order valence-electron chi connectivity index (χ0n) is 29.9. The second kappa shape index (κ2) is 11.6. The van der Waals surface area contributed by atoms with Crippen molar-refractivity contribution in [2.24, 2.45) is 34.5 Å². The average Bonchev–Trinajstić information content (AvgIpc) is 3.05. The largest absolute Gasteiger partial charge is 0.415 e. The minimum Gasteiger partial charge on any atom is -0.415 e. The van der Waals surface area contributed by atoms with E-state index >= 15 is 0 Å². The summed E-state index contributed by atoms with van der Waals surface area (Å²) in [5.41, 5.74) is -0.621. The van der Waals surface area contributed by atoms with Gasteiger partial charge in [-0.2, -0.15) is 0 Å². The molecule has 5 nitrogen and oxygen atoms in total. The van der Waals surface area contributed by atoms with E-state index in [9.17, 15) is 4.79 Å². The summed E-state index contributed by atoms with van der Waals surface area (Å²) in [6, 6.07) is 0. The Morgan fingerprint density at radius 3 is 1.98 bits per heavy atom. The minimum atomic E-state index is -2.00. The van der Waals surface area contributed by atoms with Gasteiger partial charge in [-0.25, -0.2) is 0 Å². The Morgan fingerprint density at radius 2 is 1.43 bits per heavy atom. The van der Waals surface area contributed by atoms with Crippen LogP contribution < -0.4 is 0 Å². The normalized spacial score (nSPS) is 40.3. The first kappa shape index (κ1) is 35.2. The molecule has 0 N–H and O–H groups in total. The van der Waals surface area contributed by atoms with Crippen LogP contribution in [0.2, 0.25) is 78.6 Å². The molecule has 0 bridgehead atoms. The molecule has 0 aromatic rings. The van der Waals surface area contributed by atoms with Crippen LogP contribution in [0.1, 0.15) is 65.2 Å². The maximum atomic E-state index is 14.7. The van der Waals surface area contributed by atoms with Crippen LogP contribution >= 0.6 is 0 Å². The molecule has 4 fully saturated rings. The monoisotopic (exact) mass is 654 g/mol. The number of fused-ring (bicyclic) bond motifs is 5. The summed E-state index contributed by atoms with van der Waals surface area (Å²) in [5, 5.41) is 0. The van der Waals surface area contributed by atoms with Gasteiger partial charge in [0.15, 0.2) is 33.3 Å². The fourth-order valence-corrected chi connectivity index (χ4v) is 14.5. The van der Waals surface area contributed by atoms with E-state index in [1.165, 1.54) is 12.8 Å². The van der Waals surface area contributed by atoms with Gasteiger partial charge in [0.05, 0.1) is 18.3 Å². The molecule has 0 aromatic carbocycles. The number of hydrogen-bond acceptors (Lipinski definition) is 5. The van der Waals surface area contributed by atoms with Crippen molar-refractivity contribution in [2.45, 2.75) is 162 Å². The van der Waals surface area contributed by atoms with Crippen molar-refractivity contribution >= 4 is 39.1 Å². The van der Waals surface area contributed by atoms with Gasteiger partial charge in [0.25, 0.3) is 0 Å². The molecule has 4 rings (SSSR count). The highest BCUT2D eigenvalue weighted by atomic mass is 28.4. The third kappa shape index (κ3) is 7.18. The molecule has 0 spiro atoms. The van der Waals surface area contributed by atoms with E-state index in [0.717, 1.165) is 32.1 Å². The molecule has 244 valence electrons. The van der Waals surface area contributed by atoms with Crippen molar-refractivity contribution in [3.05, 3.63) is 0 Å². The molecule has 9 atom stereocenters. The third-order valence-electron chi connectivity index (χ3n) is 11.2. The van der Waals surface area contributed by atoms with E-state index < -0.39 is 38.9 Å². The first-order valence-electron chi connectivity index (χ1n) is 17.1. The van der Waals surface area contributed by atoms with Gasteiger partial charge >= 0.3 is 0 Å². The molecule has 0 amide bonds. The zero-order chi connectivity index (χ0) is 31.7. The summed E-state index contributed by atoms with van der Waals surface area (Å²) in [4.78, 5) is 14.7. The highest BCUT2D eigenvalue weighted by Crippen LogP contribution is 2.69. The van der Waals surface area contributed by atoms with Crippen molar-refractivity contribution in [1.82, 2.24) is 0 Å². The summed E-state index contributed by atoms with van der Waals surface area (Å²) in [7, 11) is -7.29. The van der Waals surface area contributed by atoms with Crippen LogP contribution in [0.25, 0.3) is 0 Å². The number of rotatable bonds is 10. The molecule has 0 aliphatic heterocycles. The Balaban J connectivity index is 1.70. The minimum absolute atomic E-state index is 0.0979. The van der Waals surface area contributed by atoms with Crippen LogP contribution in [0, 0.1) is 34.5 Å². The maximum absolute atomic E-state index is 14.7. The van der Waals surface area contributed by atoms with Crippen molar-refractivity contribution in [1.29, 1.82) is 0 Å². The van der Waals surface area contributed by atoms with Crippen molar-refractivity contribution in [2.75, 3.05) is 6.61 Å². The predicted molar refractivity (Wildman–Crippen MR) is 185 cm³/mol. The van der Waals surface area contributed by atoms with Gasteiger partial charge in [0.2, 0.25) is 0 Å². The van der Waals surface area contributed by atoms with E-state index in [-0.39, 0.29) is 22.9 Å². The number of ketones is 1. The van der Waals surface area contributed by atoms with Gasteiger partial charge in [-0.3, -0.25) is 4.79 Å². The molecule has 0 aromatic heterocycles. The number of hydrogen-bond donors (Lipinski definition) is 0. The van der Waals surface area contributed by atoms with Gasteiger partial charge in [-0.05, 0) is 147 Å². The van der Waals surface area contributed by atoms with E-state index in [0.29, 0.717) is 42.7 Å². The third-order valence-corrected chi connectivity index (χ3v) is 15.2. The molecule has 0 radical (unpaired) electrons. The van der Waals surface area contributed by atoms with E-state index in [4.69, 9.17) is 17.7 Å². The summed E-state index contributed by atoms with van der Waals surface area (Å²) in [5.74, 6) is 2.23. The molecule has 4 saturated carbocycles. The van der Waals surface area contributed by atoms with Gasteiger partial charge in [0, 0.05) is 23.9 Å². The number of carbonyl (C=O) groups excluding carboxylic acids is 1. The zero-order valence-corrected chi connectivity index (χ0v) is 33.9. The lowest BCUT2D eigenvalue weighted by molar-refractivity contribution is -0.187. The first-order chi connectivity index (χ1) is 18.9. The maximum Gasteiger partial charge on any atom is 0.184 e. The smallest absolute Gasteiger partial charge is 0.184 e. The van der Waals surface area contributed by atoms with Crippen LogP contribution in [0.4, 0.5) is 0 Å². The Labute approximate surface area is 263 Å². The van der Waals surface area contributed by atoms with E-state index in [1.807, 2.05) is 0 Å². The quantitative estimate of drug-likeness (QED) is 0.220. The van der Waals surface area contributed by atoms with Crippen LogP contribution in [-0.4, -0.2) is 63.5 Å². The highest BCUT2D eigenvalue weighted by Gasteiger charge is 2.70. The average molecular weight is 655 g/mol. The van der Waals surface area contributed by atoms with Crippen molar-refractivity contribution in [3.8, 4) is 0 Å². The second-order valence-electron chi connectivity index (χ2n) is 19.0. The van der Waals surface area contributed by atoms with Crippen molar-refractivity contribution in [3.63, 3.8) is 0 Å². The lowest BCUT2D eigenvalue weighted by Crippen LogP contribution is -2.67. The standard InChI is InChI=1S/C33H66O5Si4/c1-31-19-17-25(36-40(6,7)8)21-24(31)15-16-26-27-18-20-33(38-42(12,13)14,32(27,2)22-28(34)30(26)31)29(37-41(9,10)11)23-35-39(3,4)5/h24-27,29-30H,15-23H2,1-14H3/t24?,25?,26-,27-,29?,30+,31-,32-,33-/m0/s1. The molecular weight excluding hydrogens is 589 g/mol. The molecule has 0 saturated heterocycles. The number of carbonyl (C=O) groups is 1. The lowest BCUT2D eigenvalue weighted by Gasteiger charge is -2.62.